The molecule has 13 heavy (non-hydrogen) atoms. The highest BCUT2D eigenvalue weighted by molar-refractivity contribution is 5.73. The molecule has 0 saturated carbocycles. The van der Waals surface area contributed by atoms with Gasteiger partial charge in [-0.25, -0.2) is 4.99 Å². The highest BCUT2D eigenvalue weighted by Gasteiger charge is 2.62. The van der Waals surface area contributed by atoms with Crippen molar-refractivity contribution < 1.29 is 13.5 Å². The molecule has 0 unspecified atom stereocenters. The second-order valence-corrected chi connectivity index (χ2v) is 4.20. The molecule has 0 bridgehead atoms. The Labute approximate surface area is 76.0 Å². The third kappa shape index (κ3) is 1.26. The van der Waals surface area contributed by atoms with Crippen LogP contribution in [0.2, 0.25) is 0 Å². The predicted octanol–water partition coefficient (Wildman–Crippen LogP) is 1.52. The zero-order valence-corrected chi connectivity index (χ0v) is 8.19. The minimum Gasteiger partial charge on any atom is -0.453 e. The maximum atomic E-state index is 13.6. The summed E-state index contributed by atoms with van der Waals surface area (Å²) in [6.45, 7) is 5.28. The van der Waals surface area contributed by atoms with Crippen molar-refractivity contribution in [1.29, 1.82) is 0 Å². The molecule has 0 radical (unpaired) electrons. The number of rotatable bonds is 0. The van der Waals surface area contributed by atoms with Crippen LogP contribution in [0.4, 0.5) is 8.78 Å². The van der Waals surface area contributed by atoms with E-state index in [2.05, 4.69) is 4.99 Å². The van der Waals surface area contributed by atoms with E-state index in [1.54, 1.807) is 0 Å². The Bertz CT molecular complexity index is 259. The number of hydrogen-bond acceptors (Lipinski definition) is 3. The third-order valence-electron chi connectivity index (χ3n) is 2.27. The zero-order chi connectivity index (χ0) is 10.5. The average Bonchev–Trinajstić information content (AvgIpc) is 1.80. The number of aliphatic imine (C=N–C) groups is 1. The summed E-state index contributed by atoms with van der Waals surface area (Å²) >= 11 is 0. The Hall–Kier alpha value is -0.870. The summed E-state index contributed by atoms with van der Waals surface area (Å²) in [5.74, 6) is -3.04. The van der Waals surface area contributed by atoms with Crippen LogP contribution < -0.4 is 5.73 Å². The fourth-order valence-corrected chi connectivity index (χ4v) is 1.43. The van der Waals surface area contributed by atoms with E-state index in [1.807, 2.05) is 0 Å². The van der Waals surface area contributed by atoms with Gasteiger partial charge in [0.25, 0.3) is 6.02 Å². The average molecular weight is 192 g/mol. The molecule has 0 aliphatic carbocycles. The van der Waals surface area contributed by atoms with Gasteiger partial charge in [0.05, 0.1) is 0 Å². The van der Waals surface area contributed by atoms with E-state index in [0.29, 0.717) is 0 Å². The lowest BCUT2D eigenvalue weighted by molar-refractivity contribution is -0.200. The monoisotopic (exact) mass is 192 g/mol. The number of nitrogens with zero attached hydrogens (tertiary/aromatic N) is 1. The number of nitrogens with two attached hydrogens (primary N) is 1. The van der Waals surface area contributed by atoms with Gasteiger partial charge in [-0.15, -0.1) is 0 Å². The largest absolute Gasteiger partial charge is 0.453 e. The van der Waals surface area contributed by atoms with Gasteiger partial charge in [0.2, 0.25) is 0 Å². The number of ether oxygens (including phenoxy) is 1. The first kappa shape index (κ1) is 10.2. The van der Waals surface area contributed by atoms with E-state index in [0.717, 1.165) is 0 Å². The standard InChI is InChI=1S/C8H14F2N2O/c1-6(2)8(9,10)7(3,4)13-5(11)12-6/h1-4H3,(H2,11,12). The lowest BCUT2D eigenvalue weighted by Crippen LogP contribution is -2.62. The first-order chi connectivity index (χ1) is 5.60. The molecule has 0 aromatic rings. The Kier molecular flexibility index (Phi) is 1.83. The van der Waals surface area contributed by atoms with Gasteiger partial charge in [-0.1, -0.05) is 0 Å². The predicted molar refractivity (Wildman–Crippen MR) is 45.8 cm³/mol. The molecule has 0 aromatic carbocycles. The third-order valence-corrected chi connectivity index (χ3v) is 2.27. The van der Waals surface area contributed by atoms with Crippen LogP contribution in [0.3, 0.4) is 0 Å². The molecule has 5 heteroatoms. The van der Waals surface area contributed by atoms with Crippen molar-refractivity contribution in [3.8, 4) is 0 Å². The molecule has 76 valence electrons. The summed E-state index contributed by atoms with van der Waals surface area (Å²) in [6.07, 6.45) is 0. The van der Waals surface area contributed by atoms with Gasteiger partial charge in [-0.3, -0.25) is 0 Å². The molecule has 2 N–H and O–H groups in total. The normalized spacial score (nSPS) is 28.9. The van der Waals surface area contributed by atoms with Gasteiger partial charge < -0.3 is 10.5 Å². The van der Waals surface area contributed by atoms with E-state index in [4.69, 9.17) is 10.5 Å². The molecule has 3 nitrogen and oxygen atoms in total. The molecular weight excluding hydrogens is 178 g/mol. The quantitative estimate of drug-likeness (QED) is 0.632. The summed E-state index contributed by atoms with van der Waals surface area (Å²) in [6, 6.07) is -0.180. The first-order valence-electron chi connectivity index (χ1n) is 4.02. The van der Waals surface area contributed by atoms with Crippen molar-refractivity contribution in [3.63, 3.8) is 0 Å². The highest BCUT2D eigenvalue weighted by Crippen LogP contribution is 2.45. The molecule has 0 saturated heterocycles. The smallest absolute Gasteiger partial charge is 0.310 e. The van der Waals surface area contributed by atoms with Crippen LogP contribution in [-0.4, -0.2) is 23.1 Å². The molecule has 1 aliphatic heterocycles. The number of hydrogen-bond donors (Lipinski definition) is 1. The molecule has 1 rings (SSSR count). The minimum absolute atomic E-state index is 0.180. The van der Waals surface area contributed by atoms with E-state index in [9.17, 15) is 8.78 Å². The van der Waals surface area contributed by atoms with Crippen molar-refractivity contribution in [1.82, 2.24) is 0 Å². The van der Waals surface area contributed by atoms with Gasteiger partial charge in [0.15, 0.2) is 5.60 Å². The summed E-state index contributed by atoms with van der Waals surface area (Å²) < 4.78 is 32.1. The number of alkyl halides is 2. The van der Waals surface area contributed by atoms with Crippen LogP contribution in [-0.2, 0) is 4.74 Å². The fraction of sp³-hybridized carbons (Fsp3) is 0.875. The Morgan fingerprint density at radius 2 is 1.69 bits per heavy atom. The molecule has 0 fully saturated rings. The number of amidine groups is 1. The van der Waals surface area contributed by atoms with Crippen molar-refractivity contribution in [2.45, 2.75) is 44.8 Å². The van der Waals surface area contributed by atoms with Gasteiger partial charge in [-0.2, -0.15) is 8.78 Å². The van der Waals surface area contributed by atoms with Crippen molar-refractivity contribution in [2.75, 3.05) is 0 Å². The lowest BCUT2D eigenvalue weighted by atomic mass is 9.84. The van der Waals surface area contributed by atoms with Gasteiger partial charge in [-0.05, 0) is 27.7 Å². The molecule has 1 heterocycles. The summed E-state index contributed by atoms with van der Waals surface area (Å²) in [5.41, 5.74) is 2.18. The van der Waals surface area contributed by atoms with E-state index >= 15 is 0 Å². The molecule has 0 aromatic heterocycles. The molecule has 0 amide bonds. The minimum atomic E-state index is -3.04. The van der Waals surface area contributed by atoms with Crippen LogP contribution in [0, 0.1) is 0 Å². The number of halogens is 2. The maximum Gasteiger partial charge on any atom is 0.310 e. The Morgan fingerprint density at radius 1 is 1.23 bits per heavy atom. The maximum absolute atomic E-state index is 13.6. The van der Waals surface area contributed by atoms with E-state index in [-0.39, 0.29) is 6.02 Å². The Morgan fingerprint density at radius 3 is 2.08 bits per heavy atom. The summed E-state index contributed by atoms with van der Waals surface area (Å²) in [5, 5.41) is 0. The van der Waals surface area contributed by atoms with Crippen molar-refractivity contribution in [2.24, 2.45) is 10.7 Å². The van der Waals surface area contributed by atoms with Gasteiger partial charge >= 0.3 is 5.92 Å². The van der Waals surface area contributed by atoms with Crippen molar-refractivity contribution in [3.05, 3.63) is 0 Å². The van der Waals surface area contributed by atoms with Crippen molar-refractivity contribution >= 4 is 6.02 Å². The Balaban J connectivity index is 3.21. The van der Waals surface area contributed by atoms with Crippen LogP contribution >= 0.6 is 0 Å². The SMILES string of the molecule is CC1(C)N=C(N)OC(C)(C)C1(F)F. The highest BCUT2D eigenvalue weighted by atomic mass is 19.3. The van der Waals surface area contributed by atoms with E-state index < -0.39 is 17.1 Å². The topological polar surface area (TPSA) is 47.6 Å². The second-order valence-electron chi connectivity index (χ2n) is 4.20. The zero-order valence-electron chi connectivity index (χ0n) is 8.19. The van der Waals surface area contributed by atoms with E-state index in [1.165, 1.54) is 27.7 Å². The summed E-state index contributed by atoms with van der Waals surface area (Å²) in [7, 11) is 0. The molecular formula is C8H14F2N2O. The lowest BCUT2D eigenvalue weighted by Gasteiger charge is -2.44. The first-order valence-corrected chi connectivity index (χ1v) is 4.02. The van der Waals surface area contributed by atoms with Crippen LogP contribution in [0.1, 0.15) is 27.7 Å². The second kappa shape index (κ2) is 2.33. The van der Waals surface area contributed by atoms with Crippen LogP contribution in [0.5, 0.6) is 0 Å². The van der Waals surface area contributed by atoms with Crippen LogP contribution in [0.15, 0.2) is 4.99 Å². The molecule has 1 aliphatic rings. The molecule has 0 spiro atoms. The molecule has 0 atom stereocenters. The fourth-order valence-electron chi connectivity index (χ4n) is 1.43. The van der Waals surface area contributed by atoms with Gasteiger partial charge in [0, 0.05) is 0 Å². The van der Waals surface area contributed by atoms with Crippen LogP contribution in [0.25, 0.3) is 0 Å². The van der Waals surface area contributed by atoms with Gasteiger partial charge in [0.1, 0.15) is 5.54 Å². The summed E-state index contributed by atoms with van der Waals surface area (Å²) in [4.78, 5) is 3.59.